The topological polar surface area (TPSA) is 71.0 Å². The third kappa shape index (κ3) is 2.58. The molecule has 2 rings (SSSR count). The summed E-state index contributed by atoms with van der Waals surface area (Å²) in [6, 6.07) is 0. The number of nitrogens with zero attached hydrogens (tertiary/aromatic N) is 3. The number of H-pyrrole nitrogens is 1. The van der Waals surface area contributed by atoms with Gasteiger partial charge in [-0.15, -0.1) is 0 Å². The van der Waals surface area contributed by atoms with Crippen molar-refractivity contribution in [2.75, 3.05) is 19.3 Å². The van der Waals surface area contributed by atoms with Crippen LogP contribution in [0.5, 0.6) is 0 Å². The molecular formula is C9H16N4O2S2. The van der Waals surface area contributed by atoms with Crippen LogP contribution in [0.3, 0.4) is 0 Å². The van der Waals surface area contributed by atoms with Crippen molar-refractivity contribution in [2.45, 2.75) is 18.8 Å². The zero-order valence-corrected chi connectivity index (χ0v) is 11.5. The quantitative estimate of drug-likeness (QED) is 0.804. The third-order valence-electron chi connectivity index (χ3n) is 3.13. The van der Waals surface area contributed by atoms with Gasteiger partial charge in [0.25, 0.3) is 0 Å². The Hall–Kier alpha value is -0.730. The van der Waals surface area contributed by atoms with E-state index >= 15 is 0 Å². The molecule has 0 radical (unpaired) electrons. The van der Waals surface area contributed by atoms with Crippen LogP contribution < -0.4 is 0 Å². The van der Waals surface area contributed by atoms with Gasteiger partial charge < -0.3 is 4.57 Å². The van der Waals surface area contributed by atoms with Crippen molar-refractivity contribution in [1.82, 2.24) is 19.1 Å². The molecule has 0 bridgehead atoms. The summed E-state index contributed by atoms with van der Waals surface area (Å²) in [6.45, 7) is 1.09. The smallest absolute Gasteiger partial charge is 0.211 e. The van der Waals surface area contributed by atoms with Crippen molar-refractivity contribution in [1.29, 1.82) is 0 Å². The summed E-state index contributed by atoms with van der Waals surface area (Å²) >= 11 is 5.06. The SMILES string of the molecule is Cn1c([C@@H]2CCCN(S(C)(=O)=O)C2)n[nH]c1=S. The molecule has 0 saturated carbocycles. The van der Waals surface area contributed by atoms with Crippen LogP contribution in [0.15, 0.2) is 0 Å². The van der Waals surface area contributed by atoms with E-state index in [-0.39, 0.29) is 5.92 Å². The average Bonchev–Trinajstić information content (AvgIpc) is 2.59. The number of hydrogen-bond donors (Lipinski definition) is 1. The fourth-order valence-electron chi connectivity index (χ4n) is 2.18. The summed E-state index contributed by atoms with van der Waals surface area (Å²) < 4.78 is 26.9. The lowest BCUT2D eigenvalue weighted by Gasteiger charge is -2.30. The molecule has 1 aromatic heterocycles. The van der Waals surface area contributed by atoms with Crippen LogP contribution in [0, 0.1) is 4.77 Å². The van der Waals surface area contributed by atoms with Crippen LogP contribution in [0.4, 0.5) is 0 Å². The lowest BCUT2D eigenvalue weighted by atomic mass is 9.99. The minimum Gasteiger partial charge on any atom is -0.307 e. The Balaban J connectivity index is 2.24. The van der Waals surface area contributed by atoms with Gasteiger partial charge in [-0.2, -0.15) is 5.10 Å². The maximum absolute atomic E-state index is 11.5. The number of hydrogen-bond acceptors (Lipinski definition) is 4. The van der Waals surface area contributed by atoms with E-state index in [0.29, 0.717) is 17.9 Å². The predicted octanol–water partition coefficient (Wildman–Crippen LogP) is 0.617. The van der Waals surface area contributed by atoms with Gasteiger partial charge in [0.1, 0.15) is 5.82 Å². The first-order valence-electron chi connectivity index (χ1n) is 5.46. The van der Waals surface area contributed by atoms with Gasteiger partial charge in [-0.05, 0) is 25.1 Å². The van der Waals surface area contributed by atoms with E-state index < -0.39 is 10.0 Å². The van der Waals surface area contributed by atoms with Crippen molar-refractivity contribution >= 4 is 22.2 Å². The molecule has 2 heterocycles. The summed E-state index contributed by atoms with van der Waals surface area (Å²) in [5, 5.41) is 6.92. The molecule has 1 aliphatic heterocycles. The molecule has 0 amide bonds. The van der Waals surface area contributed by atoms with Crippen LogP contribution in [-0.4, -0.2) is 46.8 Å². The van der Waals surface area contributed by atoms with E-state index in [0.717, 1.165) is 18.7 Å². The van der Waals surface area contributed by atoms with Gasteiger partial charge in [-0.1, -0.05) is 0 Å². The van der Waals surface area contributed by atoms with Crippen LogP contribution in [0.25, 0.3) is 0 Å². The molecule has 1 aromatic rings. The van der Waals surface area contributed by atoms with Crippen molar-refractivity contribution < 1.29 is 8.42 Å². The summed E-state index contributed by atoms with van der Waals surface area (Å²) in [4.78, 5) is 0. The van der Waals surface area contributed by atoms with Gasteiger partial charge in [0.2, 0.25) is 10.0 Å². The second-order valence-corrected chi connectivity index (χ2v) is 6.78. The molecule has 0 aromatic carbocycles. The number of aromatic amines is 1. The summed E-state index contributed by atoms with van der Waals surface area (Å²) in [7, 11) is -1.27. The van der Waals surface area contributed by atoms with E-state index in [2.05, 4.69) is 10.2 Å². The monoisotopic (exact) mass is 276 g/mol. The molecule has 6 nitrogen and oxygen atoms in total. The number of sulfonamides is 1. The van der Waals surface area contributed by atoms with Crippen molar-refractivity contribution in [3.63, 3.8) is 0 Å². The van der Waals surface area contributed by atoms with Gasteiger partial charge in [0, 0.05) is 26.1 Å². The van der Waals surface area contributed by atoms with Gasteiger partial charge in [-0.25, -0.2) is 12.7 Å². The molecule has 0 unspecified atom stereocenters. The van der Waals surface area contributed by atoms with Crippen LogP contribution >= 0.6 is 12.2 Å². The summed E-state index contributed by atoms with van der Waals surface area (Å²) in [6.07, 6.45) is 3.05. The first-order chi connectivity index (χ1) is 7.89. The number of rotatable bonds is 2. The van der Waals surface area contributed by atoms with E-state index in [1.807, 2.05) is 11.6 Å². The molecule has 1 fully saturated rings. The highest BCUT2D eigenvalue weighted by Gasteiger charge is 2.29. The fraction of sp³-hybridized carbons (Fsp3) is 0.778. The largest absolute Gasteiger partial charge is 0.307 e. The maximum atomic E-state index is 11.5. The highest BCUT2D eigenvalue weighted by Crippen LogP contribution is 2.26. The van der Waals surface area contributed by atoms with Gasteiger partial charge in [0.05, 0.1) is 6.26 Å². The van der Waals surface area contributed by atoms with E-state index in [9.17, 15) is 8.42 Å². The first-order valence-corrected chi connectivity index (χ1v) is 7.71. The highest BCUT2D eigenvalue weighted by molar-refractivity contribution is 7.88. The fourth-order valence-corrected chi connectivity index (χ4v) is 3.23. The molecule has 0 aliphatic carbocycles. The molecule has 17 heavy (non-hydrogen) atoms. The maximum Gasteiger partial charge on any atom is 0.211 e. The highest BCUT2D eigenvalue weighted by atomic mass is 32.2. The molecule has 1 saturated heterocycles. The second kappa shape index (κ2) is 4.51. The molecule has 96 valence electrons. The van der Waals surface area contributed by atoms with Crippen molar-refractivity contribution in [2.24, 2.45) is 7.05 Å². The minimum absolute atomic E-state index is 0.122. The third-order valence-corrected chi connectivity index (χ3v) is 4.77. The van der Waals surface area contributed by atoms with Gasteiger partial charge in [-0.3, -0.25) is 5.10 Å². The molecule has 1 atom stereocenters. The van der Waals surface area contributed by atoms with Crippen LogP contribution in [-0.2, 0) is 17.1 Å². The van der Waals surface area contributed by atoms with Crippen molar-refractivity contribution in [3.05, 3.63) is 10.6 Å². The molecule has 0 spiro atoms. The minimum atomic E-state index is -3.11. The number of nitrogens with one attached hydrogen (secondary N) is 1. The van der Waals surface area contributed by atoms with Gasteiger partial charge in [0.15, 0.2) is 4.77 Å². The molecule has 1 N–H and O–H groups in total. The number of aromatic nitrogens is 3. The Kier molecular flexibility index (Phi) is 3.37. The van der Waals surface area contributed by atoms with E-state index in [1.54, 1.807) is 0 Å². The van der Waals surface area contributed by atoms with E-state index in [1.165, 1.54) is 10.6 Å². The molecular weight excluding hydrogens is 260 g/mol. The van der Waals surface area contributed by atoms with Crippen molar-refractivity contribution in [3.8, 4) is 0 Å². The summed E-state index contributed by atoms with van der Waals surface area (Å²) in [5.74, 6) is 0.958. The Morgan fingerprint density at radius 1 is 1.53 bits per heavy atom. The zero-order valence-electron chi connectivity index (χ0n) is 9.88. The van der Waals surface area contributed by atoms with Gasteiger partial charge >= 0.3 is 0 Å². The Morgan fingerprint density at radius 3 is 2.76 bits per heavy atom. The number of piperidine rings is 1. The Morgan fingerprint density at radius 2 is 2.24 bits per heavy atom. The zero-order chi connectivity index (χ0) is 12.6. The molecule has 8 heteroatoms. The van der Waals surface area contributed by atoms with E-state index in [4.69, 9.17) is 12.2 Å². The second-order valence-electron chi connectivity index (χ2n) is 4.41. The lowest BCUT2D eigenvalue weighted by Crippen LogP contribution is -2.39. The first kappa shape index (κ1) is 12.7. The molecule has 1 aliphatic rings. The average molecular weight is 276 g/mol. The summed E-state index contributed by atoms with van der Waals surface area (Å²) in [5.41, 5.74) is 0. The lowest BCUT2D eigenvalue weighted by molar-refractivity contribution is 0.307. The normalized spacial score (nSPS) is 22.8. The van der Waals surface area contributed by atoms with Crippen LogP contribution in [0.1, 0.15) is 24.6 Å². The Bertz CT molecular complexity index is 560. The predicted molar refractivity (Wildman–Crippen MR) is 66.8 cm³/mol. The standard InChI is InChI=1S/C9H16N4O2S2/c1-12-8(10-11-9(12)16)7-4-3-5-13(6-7)17(2,14)15/h7H,3-6H2,1-2H3,(H,11,16)/t7-/m1/s1. The van der Waals surface area contributed by atoms with Crippen LogP contribution in [0.2, 0.25) is 0 Å². The Labute approximate surface area is 106 Å².